The Kier molecular flexibility index (Phi) is 10.1. The van der Waals surface area contributed by atoms with Gasteiger partial charge in [0, 0.05) is 21.7 Å². The van der Waals surface area contributed by atoms with Crippen LogP contribution in [0.2, 0.25) is 0 Å². The molecule has 0 bridgehead atoms. The first kappa shape index (κ1) is 34.2. The van der Waals surface area contributed by atoms with Gasteiger partial charge in [-0.1, -0.05) is 156 Å². The molecular formula is C40H52O2P2. The second kappa shape index (κ2) is 13.0. The summed E-state index contributed by atoms with van der Waals surface area (Å²) >= 11 is 0. The van der Waals surface area contributed by atoms with Crippen molar-refractivity contribution in [2.45, 2.75) is 105 Å². The molecule has 0 fully saturated rings. The first-order valence-corrected chi connectivity index (χ1v) is 17.5. The molecule has 4 rings (SSSR count). The lowest BCUT2D eigenvalue weighted by Gasteiger charge is -2.27. The average molecular weight is 627 g/mol. The molecule has 234 valence electrons. The van der Waals surface area contributed by atoms with Crippen LogP contribution in [-0.2, 0) is 21.7 Å². The Bertz CT molecular complexity index is 1440. The highest BCUT2D eigenvalue weighted by Gasteiger charge is 2.24. The molecule has 0 N–H and O–H groups in total. The third kappa shape index (κ3) is 8.74. The monoisotopic (exact) mass is 626 g/mol. The zero-order valence-corrected chi connectivity index (χ0v) is 30.9. The molecule has 4 aromatic rings. The van der Waals surface area contributed by atoms with E-state index in [-0.39, 0.29) is 39.3 Å². The zero-order valence-electron chi connectivity index (χ0n) is 28.9. The lowest BCUT2D eigenvalue weighted by Crippen LogP contribution is -2.17. The molecule has 0 heterocycles. The van der Waals surface area contributed by atoms with Crippen molar-refractivity contribution in [1.82, 2.24) is 0 Å². The second-order valence-corrected chi connectivity index (χ2v) is 18.0. The van der Waals surface area contributed by atoms with Crippen molar-refractivity contribution in [3.05, 3.63) is 107 Å². The predicted octanol–water partition coefficient (Wildman–Crippen LogP) is 11.1. The van der Waals surface area contributed by atoms with E-state index in [1.165, 1.54) is 44.0 Å². The van der Waals surface area contributed by atoms with Gasteiger partial charge in [-0.05, 0) is 56.0 Å². The summed E-state index contributed by atoms with van der Waals surface area (Å²) in [6.45, 7) is 27.1. The predicted molar refractivity (Wildman–Crippen MR) is 197 cm³/mol. The third-order valence-electron chi connectivity index (χ3n) is 7.97. The molecule has 0 saturated heterocycles. The number of benzene rings is 4. The number of hydrogen-bond acceptors (Lipinski definition) is 2. The van der Waals surface area contributed by atoms with Crippen LogP contribution in [0.5, 0.6) is 11.5 Å². The molecule has 0 aliphatic heterocycles. The molecule has 0 radical (unpaired) electrons. The van der Waals surface area contributed by atoms with Gasteiger partial charge in [0.2, 0.25) is 0 Å². The summed E-state index contributed by atoms with van der Waals surface area (Å²) in [7, 11) is 0.507. The largest absolute Gasteiger partial charge is 0.472 e. The Morgan fingerprint density at radius 1 is 0.386 bits per heavy atom. The van der Waals surface area contributed by atoms with Crippen LogP contribution in [0.3, 0.4) is 0 Å². The molecule has 2 unspecified atom stereocenters. The van der Waals surface area contributed by atoms with Gasteiger partial charge in [-0.3, -0.25) is 0 Å². The van der Waals surface area contributed by atoms with Gasteiger partial charge in [-0.15, -0.1) is 0 Å². The first-order valence-electron chi connectivity index (χ1n) is 15.7. The maximum absolute atomic E-state index is 6.41. The molecule has 2 nitrogen and oxygen atoms in total. The van der Waals surface area contributed by atoms with Gasteiger partial charge >= 0.3 is 0 Å². The highest BCUT2D eigenvalue weighted by Crippen LogP contribution is 2.39. The van der Waals surface area contributed by atoms with E-state index in [2.05, 4.69) is 168 Å². The zero-order chi connectivity index (χ0) is 32.5. The van der Waals surface area contributed by atoms with Crippen molar-refractivity contribution in [2.24, 2.45) is 0 Å². The van der Waals surface area contributed by atoms with E-state index in [9.17, 15) is 0 Å². The molecule has 0 aliphatic carbocycles. The van der Waals surface area contributed by atoms with E-state index in [0.29, 0.717) is 0 Å². The van der Waals surface area contributed by atoms with Gasteiger partial charge in [-0.25, -0.2) is 0 Å². The Hall–Kier alpha value is -2.66. The Labute approximate surface area is 271 Å². The smallest absolute Gasteiger partial charge is 0.127 e. The van der Waals surface area contributed by atoms with E-state index in [0.717, 1.165) is 11.5 Å². The van der Waals surface area contributed by atoms with Gasteiger partial charge in [0.25, 0.3) is 0 Å². The van der Waals surface area contributed by atoms with Crippen molar-refractivity contribution >= 4 is 28.2 Å². The SMILES string of the molecule is CC(C)(C)c1ccc(OPc2ccc(-c3ccc(POc4ccc(C(C)(C)C)cc4C(C)(C)C)cc3)cc2)c(C(C)(C)C)c1. The van der Waals surface area contributed by atoms with Crippen LogP contribution < -0.4 is 19.7 Å². The van der Waals surface area contributed by atoms with Crippen LogP contribution >= 0.6 is 17.6 Å². The number of hydrogen-bond donors (Lipinski definition) is 0. The van der Waals surface area contributed by atoms with Gasteiger partial charge < -0.3 is 9.05 Å². The van der Waals surface area contributed by atoms with Crippen LogP contribution in [0, 0.1) is 0 Å². The van der Waals surface area contributed by atoms with E-state index in [4.69, 9.17) is 9.05 Å². The third-order valence-corrected chi connectivity index (χ3v) is 9.75. The van der Waals surface area contributed by atoms with E-state index in [1.54, 1.807) is 0 Å². The van der Waals surface area contributed by atoms with E-state index >= 15 is 0 Å². The standard InChI is InChI=1S/C40H52O2P2/c1-37(2,3)29-17-23-35(33(25-29)39(7,8)9)41-43-31-19-13-27(14-20-31)28-15-21-32(22-16-28)44-42-36-24-18-30(38(4,5)6)26-34(36)40(10,11)12/h13-26,43-44H,1-12H3. The summed E-state index contributed by atoms with van der Waals surface area (Å²) in [5.74, 6) is 1.96. The fourth-order valence-corrected chi connectivity index (χ4v) is 6.45. The normalized spacial score (nSPS) is 13.3. The lowest BCUT2D eigenvalue weighted by molar-refractivity contribution is 0.533. The summed E-state index contributed by atoms with van der Waals surface area (Å²) in [5, 5.41) is 2.37. The summed E-state index contributed by atoms with van der Waals surface area (Å²) < 4.78 is 12.8. The molecular weight excluding hydrogens is 574 g/mol. The average Bonchev–Trinajstić information content (AvgIpc) is 2.93. The van der Waals surface area contributed by atoms with Crippen LogP contribution in [0.25, 0.3) is 11.1 Å². The van der Waals surface area contributed by atoms with Crippen LogP contribution in [-0.4, -0.2) is 0 Å². The molecule has 0 aliphatic rings. The summed E-state index contributed by atoms with van der Waals surface area (Å²) in [5.41, 5.74) is 7.83. The molecule has 0 amide bonds. The van der Waals surface area contributed by atoms with Gasteiger partial charge in [0.05, 0.1) is 0 Å². The Morgan fingerprint density at radius 2 is 0.705 bits per heavy atom. The Balaban J connectivity index is 1.42. The van der Waals surface area contributed by atoms with Crippen LogP contribution in [0.1, 0.15) is 105 Å². The van der Waals surface area contributed by atoms with Crippen molar-refractivity contribution in [1.29, 1.82) is 0 Å². The molecule has 4 aromatic carbocycles. The fraction of sp³-hybridized carbons (Fsp3) is 0.400. The molecule has 4 heteroatoms. The van der Waals surface area contributed by atoms with Gasteiger partial charge in [0.1, 0.15) is 29.1 Å². The minimum absolute atomic E-state index is 0.00840. The number of rotatable bonds is 7. The summed E-state index contributed by atoms with van der Waals surface area (Å²) in [6.07, 6.45) is 0. The van der Waals surface area contributed by atoms with Crippen LogP contribution in [0.4, 0.5) is 0 Å². The van der Waals surface area contributed by atoms with Gasteiger partial charge in [0.15, 0.2) is 0 Å². The van der Waals surface area contributed by atoms with E-state index < -0.39 is 0 Å². The lowest BCUT2D eigenvalue weighted by atomic mass is 9.80. The van der Waals surface area contributed by atoms with Crippen LogP contribution in [0.15, 0.2) is 84.9 Å². The quantitative estimate of drug-likeness (QED) is 0.190. The highest BCUT2D eigenvalue weighted by molar-refractivity contribution is 7.42. The highest BCUT2D eigenvalue weighted by atomic mass is 31.1. The molecule has 44 heavy (non-hydrogen) atoms. The molecule has 0 aromatic heterocycles. The Morgan fingerprint density at radius 3 is 0.977 bits per heavy atom. The van der Waals surface area contributed by atoms with Crippen molar-refractivity contribution in [2.75, 3.05) is 0 Å². The topological polar surface area (TPSA) is 18.5 Å². The molecule has 0 spiro atoms. The minimum Gasteiger partial charge on any atom is -0.472 e. The minimum atomic E-state index is 0.00840. The van der Waals surface area contributed by atoms with Crippen molar-refractivity contribution in [3.63, 3.8) is 0 Å². The second-order valence-electron chi connectivity index (χ2n) is 16.0. The maximum Gasteiger partial charge on any atom is 0.127 e. The summed E-state index contributed by atoms with van der Waals surface area (Å²) in [6, 6.07) is 30.9. The maximum atomic E-state index is 6.41. The molecule has 0 saturated carbocycles. The fourth-order valence-electron chi connectivity index (χ4n) is 5.03. The molecule has 2 atom stereocenters. The first-order chi connectivity index (χ1) is 20.3. The van der Waals surface area contributed by atoms with Crippen molar-refractivity contribution < 1.29 is 9.05 Å². The van der Waals surface area contributed by atoms with E-state index in [1.807, 2.05) is 0 Å². The van der Waals surface area contributed by atoms with Gasteiger partial charge in [-0.2, -0.15) is 0 Å². The summed E-state index contributed by atoms with van der Waals surface area (Å²) in [4.78, 5) is 0. The van der Waals surface area contributed by atoms with Crippen molar-refractivity contribution in [3.8, 4) is 22.6 Å².